The molecule has 0 aliphatic carbocycles. The zero-order valence-corrected chi connectivity index (χ0v) is 21.2. The van der Waals surface area contributed by atoms with Crippen LogP contribution in [0.1, 0.15) is 28.7 Å². The second-order valence-corrected chi connectivity index (χ2v) is 9.71. The number of amides is 2. The van der Waals surface area contributed by atoms with E-state index in [4.69, 9.17) is 0 Å². The van der Waals surface area contributed by atoms with Gasteiger partial charge in [0.05, 0.1) is 5.92 Å². The minimum Gasteiger partial charge on any atom is -0.355 e. The average Bonchev–Trinajstić information content (AvgIpc) is 3.30. The number of benzene rings is 4. The molecule has 4 aromatic rings. The Bertz CT molecular complexity index is 1410. The number of nitrogens with zero attached hydrogens (tertiary/aromatic N) is 1. The van der Waals surface area contributed by atoms with Gasteiger partial charge in [0.25, 0.3) is 0 Å². The number of rotatable bonds is 7. The summed E-state index contributed by atoms with van der Waals surface area (Å²) in [4.78, 5) is 27.4. The van der Waals surface area contributed by atoms with E-state index in [0.717, 1.165) is 34.6 Å². The van der Waals surface area contributed by atoms with Crippen LogP contribution >= 0.6 is 0 Å². The number of para-hydroxylation sites is 1. The Hall–Kier alpha value is -4.38. The van der Waals surface area contributed by atoms with Crippen molar-refractivity contribution in [2.75, 3.05) is 22.1 Å². The van der Waals surface area contributed by atoms with Crippen molar-refractivity contribution < 1.29 is 9.59 Å². The quantitative estimate of drug-likeness (QED) is 0.306. The molecule has 1 atom stereocenters. The van der Waals surface area contributed by atoms with Crippen LogP contribution in [-0.2, 0) is 16.0 Å². The smallest absolute Gasteiger partial charge is 0.229 e. The highest BCUT2D eigenvalue weighted by Crippen LogP contribution is 2.30. The molecule has 1 unspecified atom stereocenters. The Labute approximate surface area is 218 Å². The number of hydrogen-bond donors (Lipinski definition) is 2. The van der Waals surface area contributed by atoms with Crippen molar-refractivity contribution in [1.29, 1.82) is 0 Å². The molecule has 0 radical (unpaired) electrons. The molecule has 0 saturated carbocycles. The highest BCUT2D eigenvalue weighted by atomic mass is 16.2. The summed E-state index contributed by atoms with van der Waals surface area (Å²) < 4.78 is 0. The van der Waals surface area contributed by atoms with Gasteiger partial charge in [-0.25, -0.2) is 0 Å². The van der Waals surface area contributed by atoms with Crippen LogP contribution in [-0.4, -0.2) is 18.4 Å². The molecule has 1 heterocycles. The molecule has 1 aliphatic rings. The molecule has 5 heteroatoms. The van der Waals surface area contributed by atoms with Gasteiger partial charge in [0.2, 0.25) is 11.8 Å². The van der Waals surface area contributed by atoms with Crippen molar-refractivity contribution in [3.63, 3.8) is 0 Å². The molecule has 2 N–H and O–H groups in total. The van der Waals surface area contributed by atoms with Crippen LogP contribution < -0.4 is 15.5 Å². The number of carbonyl (C=O) groups is 2. The monoisotopic (exact) mass is 489 g/mol. The first-order valence-corrected chi connectivity index (χ1v) is 12.6. The van der Waals surface area contributed by atoms with Crippen LogP contribution in [0.25, 0.3) is 0 Å². The summed E-state index contributed by atoms with van der Waals surface area (Å²) in [6.45, 7) is 4.39. The van der Waals surface area contributed by atoms with Crippen molar-refractivity contribution >= 4 is 34.6 Å². The summed E-state index contributed by atoms with van der Waals surface area (Å²) in [6, 6.07) is 32.4. The van der Waals surface area contributed by atoms with E-state index in [1.54, 1.807) is 4.90 Å². The second-order valence-electron chi connectivity index (χ2n) is 9.71. The Morgan fingerprint density at radius 2 is 1.57 bits per heavy atom. The third kappa shape index (κ3) is 5.72. The lowest BCUT2D eigenvalue weighted by Crippen LogP contribution is -2.28. The van der Waals surface area contributed by atoms with E-state index in [0.29, 0.717) is 12.2 Å². The molecule has 5 rings (SSSR count). The maximum Gasteiger partial charge on any atom is 0.229 e. The van der Waals surface area contributed by atoms with E-state index < -0.39 is 0 Å². The van der Waals surface area contributed by atoms with Gasteiger partial charge >= 0.3 is 0 Å². The highest BCUT2D eigenvalue weighted by Gasteiger charge is 2.35. The Morgan fingerprint density at radius 1 is 0.865 bits per heavy atom. The largest absolute Gasteiger partial charge is 0.355 e. The standard InChI is InChI=1S/C32H31N3O2/c1-22-12-13-23(2)30(18-22)35-21-26(20-31(35)36)32(37)34-28-16-14-27(15-17-28)33-29-11-7-6-10-25(29)19-24-8-4-3-5-9-24/h3-18,26,33H,19-21H2,1-2H3,(H,34,37). The zero-order chi connectivity index (χ0) is 25.8. The van der Waals surface area contributed by atoms with E-state index in [2.05, 4.69) is 53.1 Å². The van der Waals surface area contributed by atoms with Gasteiger partial charge in [-0.2, -0.15) is 0 Å². The first kappa shape index (κ1) is 24.3. The highest BCUT2D eigenvalue weighted by molar-refractivity contribution is 6.04. The fourth-order valence-corrected chi connectivity index (χ4v) is 4.78. The molecule has 1 fully saturated rings. The van der Waals surface area contributed by atoms with Crippen LogP contribution in [0.2, 0.25) is 0 Å². The summed E-state index contributed by atoms with van der Waals surface area (Å²) in [7, 11) is 0. The lowest BCUT2D eigenvalue weighted by atomic mass is 10.0. The average molecular weight is 490 g/mol. The van der Waals surface area contributed by atoms with Crippen molar-refractivity contribution in [2.45, 2.75) is 26.7 Å². The first-order chi connectivity index (χ1) is 18.0. The maximum atomic E-state index is 13.0. The topological polar surface area (TPSA) is 61.4 Å². The summed E-state index contributed by atoms with van der Waals surface area (Å²) >= 11 is 0. The van der Waals surface area contributed by atoms with Crippen LogP contribution in [0.3, 0.4) is 0 Å². The van der Waals surface area contributed by atoms with Crippen LogP contribution in [0, 0.1) is 19.8 Å². The molecule has 186 valence electrons. The van der Waals surface area contributed by atoms with Crippen LogP contribution in [0.4, 0.5) is 22.7 Å². The fraction of sp³-hybridized carbons (Fsp3) is 0.188. The zero-order valence-electron chi connectivity index (χ0n) is 21.2. The van der Waals surface area contributed by atoms with Crippen molar-refractivity contribution in [1.82, 2.24) is 0 Å². The summed E-state index contributed by atoms with van der Waals surface area (Å²) in [5.74, 6) is -0.521. The third-order valence-electron chi connectivity index (χ3n) is 6.84. The molecule has 2 amide bonds. The Balaban J connectivity index is 1.22. The van der Waals surface area contributed by atoms with Crippen molar-refractivity contribution in [2.24, 2.45) is 5.92 Å². The van der Waals surface area contributed by atoms with Gasteiger partial charge in [0.15, 0.2) is 0 Å². The van der Waals surface area contributed by atoms with E-state index in [1.807, 2.05) is 68.4 Å². The van der Waals surface area contributed by atoms with Crippen molar-refractivity contribution in [3.05, 3.63) is 119 Å². The fourth-order valence-electron chi connectivity index (χ4n) is 4.78. The van der Waals surface area contributed by atoms with Gasteiger partial charge in [-0.05, 0) is 78.9 Å². The molecule has 1 saturated heterocycles. The van der Waals surface area contributed by atoms with Gasteiger partial charge in [-0.1, -0.05) is 60.7 Å². The predicted molar refractivity (Wildman–Crippen MR) is 150 cm³/mol. The number of anilines is 4. The number of hydrogen-bond acceptors (Lipinski definition) is 3. The Kier molecular flexibility index (Phi) is 7.04. The van der Waals surface area contributed by atoms with Gasteiger partial charge in [-0.3, -0.25) is 9.59 Å². The van der Waals surface area contributed by atoms with Gasteiger partial charge in [-0.15, -0.1) is 0 Å². The number of nitrogens with one attached hydrogen (secondary N) is 2. The molecule has 1 aliphatic heterocycles. The lowest BCUT2D eigenvalue weighted by Gasteiger charge is -2.19. The normalized spacial score (nSPS) is 15.0. The predicted octanol–water partition coefficient (Wildman–Crippen LogP) is 6.63. The van der Waals surface area contributed by atoms with E-state index in [1.165, 1.54) is 11.1 Å². The molecule has 0 aromatic heterocycles. The molecular weight excluding hydrogens is 458 g/mol. The number of aryl methyl sites for hydroxylation is 2. The molecule has 0 spiro atoms. The molecular formula is C32H31N3O2. The minimum absolute atomic E-state index is 0.0115. The molecule has 4 aromatic carbocycles. The van der Waals surface area contributed by atoms with E-state index in [-0.39, 0.29) is 24.2 Å². The third-order valence-corrected chi connectivity index (χ3v) is 6.84. The molecule has 37 heavy (non-hydrogen) atoms. The first-order valence-electron chi connectivity index (χ1n) is 12.6. The molecule has 0 bridgehead atoms. The summed E-state index contributed by atoms with van der Waals surface area (Å²) in [6.07, 6.45) is 1.06. The van der Waals surface area contributed by atoms with E-state index in [9.17, 15) is 9.59 Å². The van der Waals surface area contributed by atoms with E-state index >= 15 is 0 Å². The summed E-state index contributed by atoms with van der Waals surface area (Å²) in [5, 5.41) is 6.50. The van der Waals surface area contributed by atoms with Gasteiger partial charge in [0, 0.05) is 35.7 Å². The maximum absolute atomic E-state index is 13.0. The summed E-state index contributed by atoms with van der Waals surface area (Å²) in [5.41, 5.74) is 8.21. The molecule has 5 nitrogen and oxygen atoms in total. The van der Waals surface area contributed by atoms with Gasteiger partial charge < -0.3 is 15.5 Å². The number of carbonyl (C=O) groups excluding carboxylic acids is 2. The van der Waals surface area contributed by atoms with Crippen LogP contribution in [0.5, 0.6) is 0 Å². The minimum atomic E-state index is -0.380. The Morgan fingerprint density at radius 3 is 2.35 bits per heavy atom. The van der Waals surface area contributed by atoms with Gasteiger partial charge in [0.1, 0.15) is 0 Å². The SMILES string of the molecule is Cc1ccc(C)c(N2CC(C(=O)Nc3ccc(Nc4ccccc4Cc4ccccc4)cc3)CC2=O)c1. The van der Waals surface area contributed by atoms with Crippen LogP contribution in [0.15, 0.2) is 97.1 Å². The lowest BCUT2D eigenvalue weighted by molar-refractivity contribution is -0.122. The van der Waals surface area contributed by atoms with Crippen molar-refractivity contribution in [3.8, 4) is 0 Å². The second kappa shape index (κ2) is 10.7.